The maximum absolute atomic E-state index is 14.0. The Balaban J connectivity index is 1.72. The molecule has 4 rings (SSSR count). The van der Waals surface area contributed by atoms with E-state index in [0.29, 0.717) is 20.6 Å². The first-order chi connectivity index (χ1) is 14.3. The molecule has 154 valence electrons. The van der Waals surface area contributed by atoms with E-state index in [0.717, 1.165) is 29.7 Å². The smallest absolute Gasteiger partial charge is 0.434 e. The zero-order valence-corrected chi connectivity index (χ0v) is 16.0. The highest BCUT2D eigenvalue weighted by molar-refractivity contribution is 7.22. The van der Waals surface area contributed by atoms with Gasteiger partial charge in [-0.05, 0) is 30.3 Å². The first-order valence-electron chi connectivity index (χ1n) is 8.44. The summed E-state index contributed by atoms with van der Waals surface area (Å²) >= 11 is 1.08. The number of alkyl halides is 3. The lowest BCUT2D eigenvalue weighted by Crippen LogP contribution is -2.21. The largest absolute Gasteiger partial charge is 0.497 e. The summed E-state index contributed by atoms with van der Waals surface area (Å²) in [5, 5.41) is 6.07. The van der Waals surface area contributed by atoms with Crippen molar-refractivity contribution < 1.29 is 27.1 Å². The minimum Gasteiger partial charge on any atom is -0.497 e. The standard InChI is InChI=1S/C19H12F4N4O2S/c1-29-10-6-7-13-15(8-10)30-18(25-13)26-17(28)11-9-24-27(16(11)19(21,22)23)14-5-3-2-4-12(14)20/h2-9H,1H3,(H,25,26,28). The van der Waals surface area contributed by atoms with Crippen LogP contribution in [0.4, 0.5) is 22.7 Å². The number of thiazole rings is 1. The van der Waals surface area contributed by atoms with Crippen molar-refractivity contribution in [3.05, 3.63) is 65.7 Å². The average molecular weight is 436 g/mol. The Hall–Kier alpha value is -3.47. The van der Waals surface area contributed by atoms with Gasteiger partial charge in [0, 0.05) is 0 Å². The normalized spacial score (nSPS) is 11.6. The van der Waals surface area contributed by atoms with Gasteiger partial charge in [0.15, 0.2) is 10.8 Å². The number of carbonyl (C=O) groups excluding carboxylic acids is 1. The number of anilines is 1. The Bertz CT molecular complexity index is 1250. The molecule has 0 saturated heterocycles. The molecule has 0 unspecified atom stereocenters. The maximum Gasteiger partial charge on any atom is 0.434 e. The number of hydrogen-bond acceptors (Lipinski definition) is 5. The Morgan fingerprint density at radius 2 is 1.97 bits per heavy atom. The van der Waals surface area contributed by atoms with Crippen LogP contribution in [-0.2, 0) is 6.18 Å². The molecule has 0 bridgehead atoms. The fourth-order valence-electron chi connectivity index (χ4n) is 2.84. The monoisotopic (exact) mass is 436 g/mol. The van der Waals surface area contributed by atoms with Gasteiger partial charge in [-0.1, -0.05) is 23.5 Å². The van der Waals surface area contributed by atoms with E-state index in [9.17, 15) is 22.4 Å². The van der Waals surface area contributed by atoms with Gasteiger partial charge in [-0.3, -0.25) is 10.1 Å². The minimum atomic E-state index is -4.95. The number of nitrogens with one attached hydrogen (secondary N) is 1. The highest BCUT2D eigenvalue weighted by Crippen LogP contribution is 2.35. The third-order valence-corrected chi connectivity index (χ3v) is 5.11. The van der Waals surface area contributed by atoms with Crippen LogP contribution in [0.5, 0.6) is 5.75 Å². The molecule has 4 aromatic rings. The van der Waals surface area contributed by atoms with Crippen LogP contribution in [0.15, 0.2) is 48.7 Å². The van der Waals surface area contributed by atoms with Crippen LogP contribution in [0.1, 0.15) is 16.1 Å². The molecule has 1 N–H and O–H groups in total. The molecule has 30 heavy (non-hydrogen) atoms. The fraction of sp³-hybridized carbons (Fsp3) is 0.105. The van der Waals surface area contributed by atoms with Crippen molar-refractivity contribution in [1.82, 2.24) is 14.8 Å². The number of amides is 1. The number of halogens is 4. The molecule has 0 aliphatic rings. The van der Waals surface area contributed by atoms with Crippen molar-refractivity contribution in [3.8, 4) is 11.4 Å². The average Bonchev–Trinajstić information content (AvgIpc) is 3.31. The van der Waals surface area contributed by atoms with E-state index in [1.165, 1.54) is 19.2 Å². The molecule has 0 spiro atoms. The topological polar surface area (TPSA) is 69.0 Å². The summed E-state index contributed by atoms with van der Waals surface area (Å²) in [7, 11) is 1.50. The number of fused-ring (bicyclic) bond motifs is 1. The molecule has 6 nitrogen and oxygen atoms in total. The van der Waals surface area contributed by atoms with Crippen LogP contribution in [0.25, 0.3) is 15.9 Å². The van der Waals surface area contributed by atoms with Crippen molar-refractivity contribution in [3.63, 3.8) is 0 Å². The third-order valence-electron chi connectivity index (χ3n) is 4.18. The van der Waals surface area contributed by atoms with Crippen LogP contribution in [0.3, 0.4) is 0 Å². The van der Waals surface area contributed by atoms with Crippen molar-refractivity contribution in [2.75, 3.05) is 12.4 Å². The highest BCUT2D eigenvalue weighted by atomic mass is 32.1. The molecule has 11 heteroatoms. The number of carbonyl (C=O) groups is 1. The van der Waals surface area contributed by atoms with Crippen LogP contribution in [0, 0.1) is 5.82 Å². The molecule has 0 saturated carbocycles. The van der Waals surface area contributed by atoms with E-state index >= 15 is 0 Å². The Labute approximate surface area is 170 Å². The molecule has 2 aromatic carbocycles. The van der Waals surface area contributed by atoms with E-state index in [1.54, 1.807) is 18.2 Å². The molecule has 0 atom stereocenters. The van der Waals surface area contributed by atoms with Gasteiger partial charge < -0.3 is 4.74 Å². The van der Waals surface area contributed by atoms with Crippen molar-refractivity contribution >= 4 is 32.6 Å². The fourth-order valence-corrected chi connectivity index (χ4v) is 3.73. The van der Waals surface area contributed by atoms with Gasteiger partial charge in [0.25, 0.3) is 5.91 Å². The Morgan fingerprint density at radius 3 is 2.67 bits per heavy atom. The number of nitrogens with zero attached hydrogens (tertiary/aromatic N) is 3. The molecule has 2 heterocycles. The summed E-state index contributed by atoms with van der Waals surface area (Å²) < 4.78 is 61.4. The number of rotatable bonds is 4. The molecule has 0 fully saturated rings. The van der Waals surface area contributed by atoms with Gasteiger partial charge in [0.1, 0.15) is 17.3 Å². The summed E-state index contributed by atoms with van der Waals surface area (Å²) in [6.07, 6.45) is -4.20. The quantitative estimate of drug-likeness (QED) is 0.462. The number of methoxy groups -OCH3 is 1. The molecule has 0 aliphatic heterocycles. The molecule has 0 aliphatic carbocycles. The SMILES string of the molecule is COc1ccc2nc(NC(=O)c3cnn(-c4ccccc4F)c3C(F)(F)F)sc2c1. The number of aromatic nitrogens is 3. The second-order valence-electron chi connectivity index (χ2n) is 6.07. The summed E-state index contributed by atoms with van der Waals surface area (Å²) in [6, 6.07) is 9.89. The van der Waals surface area contributed by atoms with Gasteiger partial charge in [-0.25, -0.2) is 14.1 Å². The maximum atomic E-state index is 14.0. The van der Waals surface area contributed by atoms with Crippen molar-refractivity contribution in [2.45, 2.75) is 6.18 Å². The number of para-hydroxylation sites is 1. The van der Waals surface area contributed by atoms with Crippen LogP contribution >= 0.6 is 11.3 Å². The van der Waals surface area contributed by atoms with E-state index in [-0.39, 0.29) is 5.13 Å². The number of hydrogen-bond donors (Lipinski definition) is 1. The van der Waals surface area contributed by atoms with Gasteiger partial charge >= 0.3 is 6.18 Å². The molecule has 1 amide bonds. The summed E-state index contributed by atoms with van der Waals surface area (Å²) in [5.41, 5.74) is -2.00. The summed E-state index contributed by atoms with van der Waals surface area (Å²) in [6.45, 7) is 0. The van der Waals surface area contributed by atoms with E-state index in [2.05, 4.69) is 15.4 Å². The van der Waals surface area contributed by atoms with Crippen molar-refractivity contribution in [2.24, 2.45) is 0 Å². The zero-order valence-electron chi connectivity index (χ0n) is 15.2. The van der Waals surface area contributed by atoms with Crippen LogP contribution < -0.4 is 10.1 Å². The second-order valence-corrected chi connectivity index (χ2v) is 7.11. The molecular weight excluding hydrogens is 424 g/mol. The highest BCUT2D eigenvalue weighted by Gasteiger charge is 2.41. The minimum absolute atomic E-state index is 0.106. The molecule has 2 aromatic heterocycles. The van der Waals surface area contributed by atoms with Crippen LogP contribution in [0.2, 0.25) is 0 Å². The molecule has 0 radical (unpaired) electrons. The van der Waals surface area contributed by atoms with Gasteiger partial charge in [0.05, 0.1) is 29.1 Å². The van der Waals surface area contributed by atoms with Gasteiger partial charge in [-0.2, -0.15) is 18.3 Å². The zero-order chi connectivity index (χ0) is 21.5. The Morgan fingerprint density at radius 1 is 1.20 bits per heavy atom. The Kier molecular flexibility index (Phi) is 4.90. The lowest BCUT2D eigenvalue weighted by Gasteiger charge is -2.13. The predicted octanol–water partition coefficient (Wildman–Crippen LogP) is 4.90. The van der Waals surface area contributed by atoms with E-state index in [4.69, 9.17) is 4.74 Å². The summed E-state index contributed by atoms with van der Waals surface area (Å²) in [5.74, 6) is -1.39. The lowest BCUT2D eigenvalue weighted by molar-refractivity contribution is -0.143. The van der Waals surface area contributed by atoms with Crippen LogP contribution in [-0.4, -0.2) is 27.8 Å². The number of ether oxygens (including phenoxy) is 1. The van der Waals surface area contributed by atoms with E-state index < -0.39 is 34.8 Å². The van der Waals surface area contributed by atoms with E-state index in [1.807, 2.05) is 0 Å². The first-order valence-corrected chi connectivity index (χ1v) is 9.25. The summed E-state index contributed by atoms with van der Waals surface area (Å²) in [4.78, 5) is 16.8. The molecular formula is C19H12F4N4O2S. The first kappa shape index (κ1) is 19.8. The van der Waals surface area contributed by atoms with Gasteiger partial charge in [0.2, 0.25) is 0 Å². The second kappa shape index (κ2) is 7.41. The van der Waals surface area contributed by atoms with Crippen molar-refractivity contribution in [1.29, 1.82) is 0 Å². The van der Waals surface area contributed by atoms with Gasteiger partial charge in [-0.15, -0.1) is 0 Å². The third kappa shape index (κ3) is 3.59. The lowest BCUT2D eigenvalue weighted by atomic mass is 10.2. The number of benzene rings is 2. The predicted molar refractivity (Wildman–Crippen MR) is 103 cm³/mol.